The van der Waals surface area contributed by atoms with E-state index >= 15 is 0 Å². The van der Waals surface area contributed by atoms with Crippen LogP contribution in [-0.2, 0) is 5.41 Å². The molecule has 0 bridgehead atoms. The summed E-state index contributed by atoms with van der Waals surface area (Å²) in [6, 6.07) is 13.8. The molecule has 1 heterocycles. The van der Waals surface area contributed by atoms with Gasteiger partial charge in [-0.15, -0.1) is 0 Å². The topological polar surface area (TPSA) is 62.7 Å². The Labute approximate surface area is 113 Å². The highest BCUT2D eigenvalue weighted by molar-refractivity contribution is 5.64. The number of hydrogen-bond acceptors (Lipinski definition) is 3. The number of benzene rings is 1. The van der Waals surface area contributed by atoms with Crippen molar-refractivity contribution in [2.75, 3.05) is 5.73 Å². The van der Waals surface area contributed by atoms with Gasteiger partial charge in [-0.2, -0.15) is 5.26 Å². The van der Waals surface area contributed by atoms with Crippen molar-refractivity contribution < 1.29 is 0 Å². The SMILES string of the molecule is CC(C)(C)c1ccc(-c2ccc(C#N)c(N)n2)cc1. The summed E-state index contributed by atoms with van der Waals surface area (Å²) in [5, 5.41) is 8.84. The molecule has 0 fully saturated rings. The zero-order valence-electron chi connectivity index (χ0n) is 11.4. The first kappa shape index (κ1) is 13.1. The first-order valence-electron chi connectivity index (χ1n) is 6.19. The summed E-state index contributed by atoms with van der Waals surface area (Å²) in [5.41, 5.74) is 9.35. The lowest BCUT2D eigenvalue weighted by atomic mass is 9.86. The van der Waals surface area contributed by atoms with Crippen LogP contribution in [0.5, 0.6) is 0 Å². The maximum absolute atomic E-state index is 8.84. The first-order valence-corrected chi connectivity index (χ1v) is 6.19. The normalized spacial score (nSPS) is 11.1. The minimum Gasteiger partial charge on any atom is -0.383 e. The predicted molar refractivity (Wildman–Crippen MR) is 77.5 cm³/mol. The lowest BCUT2D eigenvalue weighted by Gasteiger charge is -2.19. The number of nitrogens with two attached hydrogens (primary N) is 1. The second-order valence-electron chi connectivity index (χ2n) is 5.57. The van der Waals surface area contributed by atoms with E-state index < -0.39 is 0 Å². The Hall–Kier alpha value is -2.34. The van der Waals surface area contributed by atoms with Crippen LogP contribution < -0.4 is 5.73 Å². The third-order valence-corrected chi connectivity index (χ3v) is 3.09. The van der Waals surface area contributed by atoms with Gasteiger partial charge in [-0.3, -0.25) is 0 Å². The molecule has 2 aromatic rings. The van der Waals surface area contributed by atoms with Crippen LogP contribution in [0.2, 0.25) is 0 Å². The van der Waals surface area contributed by atoms with Gasteiger partial charge in [0.25, 0.3) is 0 Å². The van der Waals surface area contributed by atoms with Gasteiger partial charge < -0.3 is 5.73 Å². The van der Waals surface area contributed by atoms with E-state index in [4.69, 9.17) is 11.0 Å². The number of nitrogens with zero attached hydrogens (tertiary/aromatic N) is 2. The van der Waals surface area contributed by atoms with Crippen LogP contribution >= 0.6 is 0 Å². The first-order chi connectivity index (χ1) is 8.91. The van der Waals surface area contributed by atoms with Crippen LogP contribution in [0.15, 0.2) is 36.4 Å². The molecule has 0 unspecified atom stereocenters. The smallest absolute Gasteiger partial charge is 0.142 e. The molecular formula is C16H17N3. The number of anilines is 1. The van der Waals surface area contributed by atoms with Crippen molar-refractivity contribution in [3.05, 3.63) is 47.5 Å². The molecule has 0 saturated carbocycles. The molecule has 96 valence electrons. The molecular weight excluding hydrogens is 234 g/mol. The van der Waals surface area contributed by atoms with Crippen molar-refractivity contribution in [3.63, 3.8) is 0 Å². The molecule has 0 saturated heterocycles. The van der Waals surface area contributed by atoms with Gasteiger partial charge in [0.15, 0.2) is 0 Å². The summed E-state index contributed by atoms with van der Waals surface area (Å²) >= 11 is 0. The van der Waals surface area contributed by atoms with Gasteiger partial charge in [-0.05, 0) is 23.1 Å². The van der Waals surface area contributed by atoms with E-state index in [0.29, 0.717) is 5.56 Å². The summed E-state index contributed by atoms with van der Waals surface area (Å²) in [5.74, 6) is 0.278. The molecule has 0 aliphatic rings. The Morgan fingerprint density at radius 2 is 1.68 bits per heavy atom. The van der Waals surface area contributed by atoms with Gasteiger partial charge in [-0.25, -0.2) is 4.98 Å². The van der Waals surface area contributed by atoms with Gasteiger partial charge in [-0.1, -0.05) is 45.0 Å². The molecule has 19 heavy (non-hydrogen) atoms. The number of hydrogen-bond donors (Lipinski definition) is 1. The standard InChI is InChI=1S/C16H17N3/c1-16(2,3)13-7-4-11(5-8-13)14-9-6-12(10-17)15(18)19-14/h4-9H,1-3H3,(H2,18,19). The molecule has 0 amide bonds. The van der Waals surface area contributed by atoms with E-state index in [9.17, 15) is 0 Å². The summed E-state index contributed by atoms with van der Waals surface area (Å²) in [6.45, 7) is 6.54. The van der Waals surface area contributed by atoms with Crippen LogP contribution in [0.1, 0.15) is 31.9 Å². The van der Waals surface area contributed by atoms with Crippen LogP contribution in [0.3, 0.4) is 0 Å². The quantitative estimate of drug-likeness (QED) is 0.843. The summed E-state index contributed by atoms with van der Waals surface area (Å²) in [6.07, 6.45) is 0. The minimum atomic E-state index is 0.135. The zero-order valence-corrected chi connectivity index (χ0v) is 11.4. The van der Waals surface area contributed by atoms with Crippen molar-refractivity contribution in [1.29, 1.82) is 5.26 Å². The third kappa shape index (κ3) is 2.74. The van der Waals surface area contributed by atoms with Crippen molar-refractivity contribution in [2.45, 2.75) is 26.2 Å². The highest BCUT2D eigenvalue weighted by Gasteiger charge is 2.13. The molecule has 0 atom stereocenters. The largest absolute Gasteiger partial charge is 0.383 e. The maximum Gasteiger partial charge on any atom is 0.142 e. The molecule has 3 heteroatoms. The Kier molecular flexibility index (Phi) is 3.26. The van der Waals surface area contributed by atoms with Crippen LogP contribution in [0.4, 0.5) is 5.82 Å². The zero-order chi connectivity index (χ0) is 14.0. The molecule has 3 nitrogen and oxygen atoms in total. The molecule has 1 aromatic heterocycles. The van der Waals surface area contributed by atoms with Gasteiger partial charge in [0.1, 0.15) is 11.9 Å². The fraction of sp³-hybridized carbons (Fsp3) is 0.250. The summed E-state index contributed by atoms with van der Waals surface area (Å²) in [7, 11) is 0. The molecule has 0 aliphatic carbocycles. The summed E-state index contributed by atoms with van der Waals surface area (Å²) < 4.78 is 0. The molecule has 2 N–H and O–H groups in total. The summed E-state index contributed by atoms with van der Waals surface area (Å²) in [4.78, 5) is 4.26. The highest BCUT2D eigenvalue weighted by atomic mass is 14.8. The van der Waals surface area contributed by atoms with E-state index in [1.165, 1.54) is 5.56 Å². The van der Waals surface area contributed by atoms with E-state index in [1.54, 1.807) is 6.07 Å². The Bertz CT molecular complexity index is 629. The maximum atomic E-state index is 8.84. The van der Waals surface area contributed by atoms with Crippen molar-refractivity contribution in [2.24, 2.45) is 0 Å². The monoisotopic (exact) mass is 251 g/mol. The second kappa shape index (κ2) is 4.74. The Morgan fingerprint density at radius 3 is 2.16 bits per heavy atom. The van der Waals surface area contributed by atoms with E-state index in [0.717, 1.165) is 11.3 Å². The fourth-order valence-electron chi connectivity index (χ4n) is 1.87. The number of nitriles is 1. The molecule has 0 spiro atoms. The Morgan fingerprint density at radius 1 is 1.05 bits per heavy atom. The minimum absolute atomic E-state index is 0.135. The second-order valence-corrected chi connectivity index (χ2v) is 5.57. The van der Waals surface area contributed by atoms with E-state index in [1.807, 2.05) is 24.3 Å². The molecule has 1 aromatic carbocycles. The third-order valence-electron chi connectivity index (χ3n) is 3.09. The average molecular weight is 251 g/mol. The predicted octanol–water partition coefficient (Wildman–Crippen LogP) is 3.50. The van der Waals surface area contributed by atoms with Gasteiger partial charge >= 0.3 is 0 Å². The van der Waals surface area contributed by atoms with E-state index in [-0.39, 0.29) is 11.2 Å². The number of aromatic nitrogens is 1. The van der Waals surface area contributed by atoms with Crippen molar-refractivity contribution in [1.82, 2.24) is 4.98 Å². The van der Waals surface area contributed by atoms with Crippen LogP contribution in [0, 0.1) is 11.3 Å². The molecule has 2 rings (SSSR count). The van der Waals surface area contributed by atoms with Crippen molar-refractivity contribution in [3.8, 4) is 17.3 Å². The van der Waals surface area contributed by atoms with Gasteiger partial charge in [0, 0.05) is 5.56 Å². The average Bonchev–Trinajstić information content (AvgIpc) is 2.38. The molecule has 0 aliphatic heterocycles. The van der Waals surface area contributed by atoms with Crippen LogP contribution in [-0.4, -0.2) is 4.98 Å². The highest BCUT2D eigenvalue weighted by Crippen LogP contribution is 2.26. The number of rotatable bonds is 1. The van der Waals surface area contributed by atoms with Gasteiger partial charge in [0.2, 0.25) is 0 Å². The fourth-order valence-corrected chi connectivity index (χ4v) is 1.87. The Balaban J connectivity index is 2.38. The van der Waals surface area contributed by atoms with Crippen molar-refractivity contribution >= 4 is 5.82 Å². The molecule has 0 radical (unpaired) electrons. The number of nitrogen functional groups attached to an aromatic ring is 1. The lowest BCUT2D eigenvalue weighted by Crippen LogP contribution is -2.10. The van der Waals surface area contributed by atoms with E-state index in [2.05, 4.69) is 37.9 Å². The van der Waals surface area contributed by atoms with Crippen LogP contribution in [0.25, 0.3) is 11.3 Å². The lowest BCUT2D eigenvalue weighted by molar-refractivity contribution is 0.590. The van der Waals surface area contributed by atoms with Gasteiger partial charge in [0.05, 0.1) is 11.3 Å². The number of pyridine rings is 1.